The summed E-state index contributed by atoms with van der Waals surface area (Å²) < 4.78 is 0. The molecule has 2 aliphatic heterocycles. The molecule has 3 heterocycles. The molecule has 1 aliphatic carbocycles. The van der Waals surface area contributed by atoms with Crippen LogP contribution in [0.5, 0.6) is 0 Å². The van der Waals surface area contributed by atoms with Gasteiger partial charge in [-0.25, -0.2) is 9.97 Å². The molecule has 1 aromatic carbocycles. The van der Waals surface area contributed by atoms with Crippen LogP contribution in [0.3, 0.4) is 0 Å². The highest BCUT2D eigenvalue weighted by Crippen LogP contribution is 2.46. The van der Waals surface area contributed by atoms with E-state index in [0.29, 0.717) is 5.41 Å². The molecule has 1 N–H and O–H groups in total. The maximum atomic E-state index is 5.01. The fraction of sp³-hybridized carbons (Fsp3) is 0.615. The number of nitrogens with one attached hydrogen (secondary N) is 1. The Morgan fingerprint density at radius 1 is 0.867 bits per heavy atom. The van der Waals surface area contributed by atoms with E-state index in [4.69, 9.17) is 4.98 Å². The van der Waals surface area contributed by atoms with Gasteiger partial charge in [0.15, 0.2) is 0 Å². The Morgan fingerprint density at radius 3 is 2.30 bits per heavy atom. The van der Waals surface area contributed by atoms with Gasteiger partial charge in [-0.3, -0.25) is 0 Å². The molecule has 1 aromatic heterocycles. The van der Waals surface area contributed by atoms with Crippen LogP contribution in [0.15, 0.2) is 30.5 Å². The minimum absolute atomic E-state index is 0.216. The number of rotatable bonds is 2. The van der Waals surface area contributed by atoms with Crippen molar-refractivity contribution >= 4 is 5.95 Å². The normalized spacial score (nSPS) is 24.1. The summed E-state index contributed by atoms with van der Waals surface area (Å²) >= 11 is 0. The van der Waals surface area contributed by atoms with Crippen molar-refractivity contribution < 1.29 is 0 Å². The Bertz CT molecular complexity index is 930. The van der Waals surface area contributed by atoms with Gasteiger partial charge in [0.25, 0.3) is 0 Å². The zero-order valence-electron chi connectivity index (χ0n) is 19.1. The number of piperidine rings is 1. The van der Waals surface area contributed by atoms with Gasteiger partial charge in [0.05, 0.1) is 5.69 Å². The van der Waals surface area contributed by atoms with Crippen molar-refractivity contribution in [2.45, 2.75) is 70.6 Å². The van der Waals surface area contributed by atoms with Gasteiger partial charge in [0.1, 0.15) is 0 Å². The van der Waals surface area contributed by atoms with Gasteiger partial charge in [0, 0.05) is 31.4 Å². The van der Waals surface area contributed by atoms with E-state index in [1.807, 2.05) is 6.20 Å². The number of hydrogen-bond acceptors (Lipinski definition) is 4. The molecular formula is C26H36N4. The summed E-state index contributed by atoms with van der Waals surface area (Å²) in [5.41, 5.74) is 6.24. The highest BCUT2D eigenvalue weighted by Gasteiger charge is 2.38. The van der Waals surface area contributed by atoms with Crippen LogP contribution in [0, 0.1) is 5.41 Å². The van der Waals surface area contributed by atoms with E-state index >= 15 is 0 Å². The van der Waals surface area contributed by atoms with E-state index in [2.05, 4.69) is 67.2 Å². The summed E-state index contributed by atoms with van der Waals surface area (Å²) in [5, 5.41) is 3.56. The van der Waals surface area contributed by atoms with E-state index < -0.39 is 0 Å². The average Bonchev–Trinajstić information content (AvgIpc) is 3.20. The van der Waals surface area contributed by atoms with Gasteiger partial charge in [-0.15, -0.1) is 0 Å². The lowest BCUT2D eigenvalue weighted by atomic mass is 9.63. The number of benzene rings is 1. The van der Waals surface area contributed by atoms with Gasteiger partial charge < -0.3 is 10.2 Å². The van der Waals surface area contributed by atoms with Gasteiger partial charge in [-0.05, 0) is 78.2 Å². The van der Waals surface area contributed by atoms with Crippen molar-refractivity contribution in [1.82, 2.24) is 15.3 Å². The van der Waals surface area contributed by atoms with Crippen LogP contribution in [0.2, 0.25) is 0 Å². The number of hydrogen-bond donors (Lipinski definition) is 1. The largest absolute Gasteiger partial charge is 0.341 e. The van der Waals surface area contributed by atoms with E-state index in [1.54, 1.807) is 0 Å². The first-order valence-corrected chi connectivity index (χ1v) is 11.7. The second-order valence-electron chi connectivity index (χ2n) is 11.2. The number of fused-ring (bicyclic) bond motifs is 1. The molecule has 2 fully saturated rings. The summed E-state index contributed by atoms with van der Waals surface area (Å²) in [4.78, 5) is 12.0. The quantitative estimate of drug-likeness (QED) is 0.758. The maximum Gasteiger partial charge on any atom is 0.225 e. The van der Waals surface area contributed by atoms with Crippen LogP contribution in [0.4, 0.5) is 5.95 Å². The molecule has 160 valence electrons. The lowest BCUT2D eigenvalue weighted by Gasteiger charge is -2.42. The summed E-state index contributed by atoms with van der Waals surface area (Å²) in [6.45, 7) is 14.0. The van der Waals surface area contributed by atoms with Crippen molar-refractivity contribution in [3.8, 4) is 11.3 Å². The van der Waals surface area contributed by atoms with Crippen LogP contribution in [0.1, 0.15) is 70.9 Å². The van der Waals surface area contributed by atoms with Crippen LogP contribution in [-0.2, 0) is 10.8 Å². The molecule has 4 heteroatoms. The first-order chi connectivity index (χ1) is 14.3. The SMILES string of the molecule is CC1(C)CCC(C)(C)c2cc(-c3ccnc(N4CCC5(CCNC5)CC4)n3)ccc21. The molecule has 0 atom stereocenters. The van der Waals surface area contributed by atoms with Crippen molar-refractivity contribution in [3.63, 3.8) is 0 Å². The van der Waals surface area contributed by atoms with Crippen molar-refractivity contribution in [2.24, 2.45) is 5.41 Å². The van der Waals surface area contributed by atoms with Gasteiger partial charge in [0.2, 0.25) is 5.95 Å². The Hall–Kier alpha value is -1.94. The van der Waals surface area contributed by atoms with Crippen LogP contribution >= 0.6 is 0 Å². The number of nitrogens with zero attached hydrogens (tertiary/aromatic N) is 3. The first kappa shape index (κ1) is 20.0. The third-order valence-electron chi connectivity index (χ3n) is 8.23. The highest BCUT2D eigenvalue weighted by molar-refractivity contribution is 5.64. The van der Waals surface area contributed by atoms with Gasteiger partial charge in [-0.1, -0.05) is 39.8 Å². The standard InChI is InChI=1S/C26H36N4/c1-24(2)8-9-25(3,4)21-17-19(5-6-20(21)24)22-7-13-28-23(29-22)30-15-11-26(12-16-30)10-14-27-18-26/h5-7,13,17,27H,8-12,14-16,18H2,1-4H3. The van der Waals surface area contributed by atoms with Gasteiger partial charge >= 0.3 is 0 Å². The Kier molecular flexibility index (Phi) is 4.70. The zero-order chi connectivity index (χ0) is 21.0. The smallest absolute Gasteiger partial charge is 0.225 e. The Labute approximate surface area is 181 Å². The molecule has 0 saturated carbocycles. The third-order valence-corrected chi connectivity index (χ3v) is 8.23. The maximum absolute atomic E-state index is 5.01. The van der Waals surface area contributed by atoms with Crippen LogP contribution in [0.25, 0.3) is 11.3 Å². The molecule has 0 unspecified atom stereocenters. The fourth-order valence-electron chi connectivity index (χ4n) is 5.81. The molecule has 30 heavy (non-hydrogen) atoms. The molecule has 2 saturated heterocycles. The summed E-state index contributed by atoms with van der Waals surface area (Å²) in [6.07, 6.45) is 8.23. The lowest BCUT2D eigenvalue weighted by Crippen LogP contribution is -2.41. The monoisotopic (exact) mass is 404 g/mol. The summed E-state index contributed by atoms with van der Waals surface area (Å²) in [5.74, 6) is 0.894. The minimum atomic E-state index is 0.216. The van der Waals surface area contributed by atoms with Crippen LogP contribution in [-0.4, -0.2) is 36.1 Å². The second-order valence-corrected chi connectivity index (χ2v) is 11.2. The molecule has 0 amide bonds. The molecular weight excluding hydrogens is 368 g/mol. The number of anilines is 1. The highest BCUT2D eigenvalue weighted by atomic mass is 15.3. The first-order valence-electron chi connectivity index (χ1n) is 11.7. The molecule has 2 aromatic rings. The lowest BCUT2D eigenvalue weighted by molar-refractivity contribution is 0.246. The molecule has 0 radical (unpaired) electrons. The van der Waals surface area contributed by atoms with E-state index in [0.717, 1.165) is 24.7 Å². The van der Waals surface area contributed by atoms with E-state index in [-0.39, 0.29) is 10.8 Å². The zero-order valence-corrected chi connectivity index (χ0v) is 19.1. The minimum Gasteiger partial charge on any atom is -0.341 e. The number of aromatic nitrogens is 2. The molecule has 4 nitrogen and oxygen atoms in total. The predicted molar refractivity (Wildman–Crippen MR) is 124 cm³/mol. The molecule has 3 aliphatic rings. The average molecular weight is 405 g/mol. The molecule has 0 bridgehead atoms. The Morgan fingerprint density at radius 2 is 1.60 bits per heavy atom. The van der Waals surface area contributed by atoms with Gasteiger partial charge in [-0.2, -0.15) is 0 Å². The van der Waals surface area contributed by atoms with Crippen LogP contribution < -0.4 is 10.2 Å². The van der Waals surface area contributed by atoms with E-state index in [9.17, 15) is 0 Å². The second kappa shape index (κ2) is 7.05. The summed E-state index contributed by atoms with van der Waals surface area (Å²) in [6, 6.07) is 9.09. The van der Waals surface area contributed by atoms with E-state index in [1.165, 1.54) is 61.9 Å². The predicted octanol–water partition coefficient (Wildman–Crippen LogP) is 5.07. The Balaban J connectivity index is 1.42. The molecule has 1 spiro atoms. The van der Waals surface area contributed by atoms with Crippen molar-refractivity contribution in [2.75, 3.05) is 31.1 Å². The molecule has 5 rings (SSSR count). The van der Waals surface area contributed by atoms with Crippen molar-refractivity contribution in [3.05, 3.63) is 41.6 Å². The van der Waals surface area contributed by atoms with Crippen molar-refractivity contribution in [1.29, 1.82) is 0 Å². The topological polar surface area (TPSA) is 41.1 Å². The third kappa shape index (κ3) is 3.43. The fourth-order valence-corrected chi connectivity index (χ4v) is 5.81. The summed E-state index contributed by atoms with van der Waals surface area (Å²) in [7, 11) is 0.